The van der Waals surface area contributed by atoms with Crippen molar-refractivity contribution in [1.29, 1.82) is 0 Å². The van der Waals surface area contributed by atoms with Crippen LogP contribution in [0.1, 0.15) is 18.4 Å². The Hall–Kier alpha value is -0.670. The molecule has 2 rings (SSSR count). The number of nitrogens with zero attached hydrogens (tertiary/aromatic N) is 1. The maximum absolute atomic E-state index is 10.7. The highest BCUT2D eigenvalue weighted by Gasteiger charge is 2.23. The minimum absolute atomic E-state index is 0.0971. The van der Waals surface area contributed by atoms with Crippen LogP contribution in [0.3, 0.4) is 0 Å². The number of rotatable bonds is 4. The summed E-state index contributed by atoms with van der Waals surface area (Å²) in [6, 6.07) is 10.7. The fraction of sp³-hybridized carbons (Fsp3) is 0.500. The maximum atomic E-state index is 10.7. The molecule has 0 aromatic heterocycles. The summed E-state index contributed by atoms with van der Waals surface area (Å²) in [5, 5.41) is 0. The Morgan fingerprint density at radius 3 is 2.53 bits per heavy atom. The zero-order valence-electron chi connectivity index (χ0n) is 9.89. The molecule has 0 spiro atoms. The zero-order valence-corrected chi connectivity index (χ0v) is 11.5. The Kier molecular flexibility index (Phi) is 4.75. The van der Waals surface area contributed by atoms with Crippen LogP contribution in [0.15, 0.2) is 30.3 Å². The first-order valence-electron chi connectivity index (χ1n) is 6.17. The first-order valence-corrected chi connectivity index (χ1v) is 7.08. The second-order valence-corrected chi connectivity index (χ2v) is 5.62. The molecule has 0 radical (unpaired) electrons. The molecule has 1 aliphatic rings. The van der Waals surface area contributed by atoms with E-state index < -0.39 is 0 Å². The topological polar surface area (TPSA) is 20.3 Å². The minimum Gasteiger partial charge on any atom is -0.301 e. The molecule has 3 heteroatoms. The molecule has 0 amide bonds. The molecule has 92 valence electrons. The monoisotopic (exact) mass is 295 g/mol. The van der Waals surface area contributed by atoms with Gasteiger partial charge in [-0.3, -0.25) is 4.90 Å². The van der Waals surface area contributed by atoms with E-state index in [-0.39, 0.29) is 4.95 Å². The van der Waals surface area contributed by atoms with Crippen molar-refractivity contribution in [2.45, 2.75) is 24.2 Å². The zero-order chi connectivity index (χ0) is 12.1. The molecule has 17 heavy (non-hydrogen) atoms. The summed E-state index contributed by atoms with van der Waals surface area (Å²) in [6.07, 6.45) is 4.51. The Morgan fingerprint density at radius 2 is 1.94 bits per heavy atom. The number of benzene rings is 1. The summed E-state index contributed by atoms with van der Waals surface area (Å²) >= 11 is 3.38. The summed E-state index contributed by atoms with van der Waals surface area (Å²) in [4.78, 5) is 12.8. The lowest BCUT2D eigenvalue weighted by Gasteiger charge is -2.33. The predicted octanol–water partition coefficient (Wildman–Crippen LogP) is 2.86. The van der Waals surface area contributed by atoms with Gasteiger partial charge in [-0.1, -0.05) is 46.3 Å². The van der Waals surface area contributed by atoms with Gasteiger partial charge < -0.3 is 4.79 Å². The Balaban J connectivity index is 1.81. The molecular weight excluding hydrogens is 278 g/mol. The number of aldehydes is 1. The summed E-state index contributed by atoms with van der Waals surface area (Å²) in [6.45, 7) is 2.04. The van der Waals surface area contributed by atoms with Gasteiger partial charge in [0.1, 0.15) is 11.2 Å². The smallest absolute Gasteiger partial charge is 0.148 e. The fourth-order valence-electron chi connectivity index (χ4n) is 2.44. The Morgan fingerprint density at radius 1 is 1.29 bits per heavy atom. The SMILES string of the molecule is O=CC(Br)N1CCC(Cc2ccccc2)CC1. The highest BCUT2D eigenvalue weighted by molar-refractivity contribution is 9.09. The quantitative estimate of drug-likeness (QED) is 0.484. The van der Waals surface area contributed by atoms with Gasteiger partial charge in [-0.25, -0.2) is 0 Å². The summed E-state index contributed by atoms with van der Waals surface area (Å²) in [7, 11) is 0. The van der Waals surface area contributed by atoms with E-state index in [1.807, 2.05) is 0 Å². The highest BCUT2D eigenvalue weighted by Crippen LogP contribution is 2.23. The first kappa shape index (κ1) is 12.8. The molecule has 1 saturated heterocycles. The van der Waals surface area contributed by atoms with Crippen LogP contribution in [-0.4, -0.2) is 29.2 Å². The van der Waals surface area contributed by atoms with Crippen LogP contribution in [0.25, 0.3) is 0 Å². The van der Waals surface area contributed by atoms with Gasteiger partial charge in [0.25, 0.3) is 0 Å². The molecule has 0 bridgehead atoms. The van der Waals surface area contributed by atoms with E-state index in [9.17, 15) is 4.79 Å². The molecular formula is C14H18BrNO. The van der Waals surface area contributed by atoms with Gasteiger partial charge in [0.05, 0.1) is 0 Å². The van der Waals surface area contributed by atoms with Crippen LogP contribution in [0.2, 0.25) is 0 Å². The van der Waals surface area contributed by atoms with Gasteiger partial charge in [-0.05, 0) is 43.8 Å². The maximum Gasteiger partial charge on any atom is 0.148 e. The Bertz CT molecular complexity index is 346. The normalized spacial score (nSPS) is 20.1. The number of carbonyl (C=O) groups excluding carboxylic acids is 1. The van der Waals surface area contributed by atoms with Crippen LogP contribution in [0.5, 0.6) is 0 Å². The number of likely N-dealkylation sites (tertiary alicyclic amines) is 1. The van der Waals surface area contributed by atoms with E-state index in [0.29, 0.717) is 0 Å². The summed E-state index contributed by atoms with van der Waals surface area (Å²) in [5.41, 5.74) is 1.43. The average Bonchev–Trinajstić information content (AvgIpc) is 2.40. The third kappa shape index (κ3) is 3.65. The number of carbonyl (C=O) groups is 1. The fourth-order valence-corrected chi connectivity index (χ4v) is 2.85. The molecule has 1 aromatic rings. The number of halogens is 1. The summed E-state index contributed by atoms with van der Waals surface area (Å²) < 4.78 is 0. The summed E-state index contributed by atoms with van der Waals surface area (Å²) in [5.74, 6) is 0.764. The van der Waals surface area contributed by atoms with Crippen molar-refractivity contribution in [2.24, 2.45) is 5.92 Å². The van der Waals surface area contributed by atoms with Crippen LogP contribution in [0, 0.1) is 5.92 Å². The Labute approximate surface area is 111 Å². The van der Waals surface area contributed by atoms with Gasteiger partial charge in [0.2, 0.25) is 0 Å². The largest absolute Gasteiger partial charge is 0.301 e. The second kappa shape index (κ2) is 6.31. The number of piperidine rings is 1. The van der Waals surface area contributed by atoms with Crippen molar-refractivity contribution in [3.8, 4) is 0 Å². The number of alkyl halides is 1. The first-order chi connectivity index (χ1) is 8.29. The lowest BCUT2D eigenvalue weighted by Crippen LogP contribution is -2.39. The van der Waals surface area contributed by atoms with Crippen molar-refractivity contribution >= 4 is 22.2 Å². The van der Waals surface area contributed by atoms with E-state index in [1.165, 1.54) is 24.8 Å². The lowest BCUT2D eigenvalue weighted by atomic mass is 9.90. The van der Waals surface area contributed by atoms with Gasteiger partial charge >= 0.3 is 0 Å². The minimum atomic E-state index is -0.0971. The van der Waals surface area contributed by atoms with E-state index in [1.54, 1.807) is 0 Å². The molecule has 1 atom stereocenters. The molecule has 1 fully saturated rings. The van der Waals surface area contributed by atoms with Gasteiger partial charge in [0, 0.05) is 0 Å². The van der Waals surface area contributed by atoms with E-state index in [2.05, 4.69) is 51.2 Å². The molecule has 1 unspecified atom stereocenters. The van der Waals surface area contributed by atoms with Crippen LogP contribution in [-0.2, 0) is 11.2 Å². The molecule has 1 aliphatic heterocycles. The van der Waals surface area contributed by atoms with E-state index >= 15 is 0 Å². The standard InChI is InChI=1S/C14H18BrNO/c15-14(11-17)16-8-6-13(7-9-16)10-12-4-2-1-3-5-12/h1-5,11,13-14H,6-10H2. The van der Waals surface area contributed by atoms with Crippen molar-refractivity contribution in [3.05, 3.63) is 35.9 Å². The third-order valence-electron chi connectivity index (χ3n) is 3.48. The van der Waals surface area contributed by atoms with Gasteiger partial charge in [-0.2, -0.15) is 0 Å². The second-order valence-electron chi connectivity index (χ2n) is 4.68. The molecule has 1 heterocycles. The van der Waals surface area contributed by atoms with Crippen LogP contribution >= 0.6 is 15.9 Å². The number of hydrogen-bond donors (Lipinski definition) is 0. The van der Waals surface area contributed by atoms with Crippen LogP contribution < -0.4 is 0 Å². The van der Waals surface area contributed by atoms with Crippen molar-refractivity contribution in [3.63, 3.8) is 0 Å². The molecule has 0 aliphatic carbocycles. The predicted molar refractivity (Wildman–Crippen MR) is 73.2 cm³/mol. The highest BCUT2D eigenvalue weighted by atomic mass is 79.9. The molecule has 2 nitrogen and oxygen atoms in total. The van der Waals surface area contributed by atoms with Crippen molar-refractivity contribution in [2.75, 3.05) is 13.1 Å². The van der Waals surface area contributed by atoms with E-state index in [0.717, 1.165) is 25.3 Å². The number of hydrogen-bond acceptors (Lipinski definition) is 2. The van der Waals surface area contributed by atoms with Gasteiger partial charge in [0.15, 0.2) is 0 Å². The molecule has 0 N–H and O–H groups in total. The molecule has 1 aromatic carbocycles. The average molecular weight is 296 g/mol. The lowest BCUT2D eigenvalue weighted by molar-refractivity contribution is -0.110. The molecule has 0 saturated carbocycles. The van der Waals surface area contributed by atoms with Gasteiger partial charge in [-0.15, -0.1) is 0 Å². The van der Waals surface area contributed by atoms with Crippen LogP contribution in [0.4, 0.5) is 0 Å². The third-order valence-corrected chi connectivity index (χ3v) is 4.27. The van der Waals surface area contributed by atoms with Crippen molar-refractivity contribution < 1.29 is 4.79 Å². The van der Waals surface area contributed by atoms with E-state index in [4.69, 9.17) is 0 Å². The van der Waals surface area contributed by atoms with Crippen molar-refractivity contribution in [1.82, 2.24) is 4.90 Å².